The lowest BCUT2D eigenvalue weighted by Crippen LogP contribution is -2.59. The summed E-state index contributed by atoms with van der Waals surface area (Å²) in [6, 6.07) is 8.64. The van der Waals surface area contributed by atoms with Crippen molar-refractivity contribution in [3.8, 4) is 0 Å². The van der Waals surface area contributed by atoms with E-state index in [1.807, 2.05) is 10.6 Å². The number of benzene rings is 1. The first-order valence-corrected chi connectivity index (χ1v) is 10.8. The van der Waals surface area contributed by atoms with Crippen molar-refractivity contribution in [2.24, 2.45) is 0 Å². The Morgan fingerprint density at radius 1 is 1.30 bits per heavy atom. The van der Waals surface area contributed by atoms with Crippen LogP contribution in [0.1, 0.15) is 31.1 Å². The quantitative estimate of drug-likeness (QED) is 0.622. The number of carbonyl (C=O) groups is 2. The molecule has 23 heavy (non-hydrogen) atoms. The molecule has 1 atom stereocenters. The fraction of sp³-hybridized carbons (Fsp3) is 0.529. The van der Waals surface area contributed by atoms with Gasteiger partial charge in [-0.15, -0.1) is 0 Å². The van der Waals surface area contributed by atoms with Crippen LogP contribution in [0.25, 0.3) is 0 Å². The lowest BCUT2D eigenvalue weighted by molar-refractivity contribution is 0.0442. The largest absolute Gasteiger partial charge is 0.460 e. The van der Waals surface area contributed by atoms with Crippen LogP contribution in [0, 0.1) is 0 Å². The van der Waals surface area contributed by atoms with E-state index in [0.29, 0.717) is 5.56 Å². The Morgan fingerprint density at radius 3 is 2.48 bits per heavy atom. The Balaban J connectivity index is 2.07. The number of ether oxygens (including phenoxy) is 2. The molecule has 5 nitrogen and oxygen atoms in total. The fourth-order valence-electron chi connectivity index (χ4n) is 2.46. The van der Waals surface area contributed by atoms with Crippen molar-refractivity contribution in [3.05, 3.63) is 35.9 Å². The number of hydrogen-bond acceptors (Lipinski definition) is 4. The zero-order valence-electron chi connectivity index (χ0n) is 14.5. The van der Waals surface area contributed by atoms with Gasteiger partial charge < -0.3 is 14.0 Å². The summed E-state index contributed by atoms with van der Waals surface area (Å²) in [4.78, 5) is 24.3. The molecule has 2 rings (SSSR count). The Bertz CT molecular complexity index is 580. The van der Waals surface area contributed by atoms with Gasteiger partial charge in [0.1, 0.15) is 13.2 Å². The maximum Gasteiger partial charge on any atom is 0.402 e. The standard InChI is InChI=1S/C17H25NO4Si/c1-17(2,3)23(4,5)18-14(12-22-16(18)20)11-21-15(19)13-9-7-6-8-10-13/h6-10,14H,11-12H2,1-5H3/t14-/m1/s1. The summed E-state index contributed by atoms with van der Waals surface area (Å²) in [6.45, 7) is 11.1. The van der Waals surface area contributed by atoms with E-state index in [-0.39, 0.29) is 36.4 Å². The minimum absolute atomic E-state index is 0.00194. The van der Waals surface area contributed by atoms with Crippen molar-refractivity contribution in [1.82, 2.24) is 4.57 Å². The number of esters is 1. The number of carbonyl (C=O) groups excluding carboxylic acids is 2. The number of cyclic esters (lactones) is 1. The van der Waals surface area contributed by atoms with E-state index in [2.05, 4.69) is 33.9 Å². The van der Waals surface area contributed by atoms with Gasteiger partial charge in [-0.3, -0.25) is 0 Å². The Morgan fingerprint density at radius 2 is 1.91 bits per heavy atom. The minimum Gasteiger partial charge on any atom is -0.460 e. The molecule has 0 unspecified atom stereocenters. The Labute approximate surface area is 138 Å². The van der Waals surface area contributed by atoms with E-state index in [1.165, 1.54) is 0 Å². The van der Waals surface area contributed by atoms with Crippen LogP contribution in [0.4, 0.5) is 4.79 Å². The third kappa shape index (κ3) is 3.58. The molecule has 6 heteroatoms. The van der Waals surface area contributed by atoms with Crippen molar-refractivity contribution < 1.29 is 19.1 Å². The molecule has 0 spiro atoms. The highest BCUT2D eigenvalue weighted by Gasteiger charge is 2.50. The van der Waals surface area contributed by atoms with Gasteiger partial charge in [-0.1, -0.05) is 52.1 Å². The average Bonchev–Trinajstić information content (AvgIpc) is 2.86. The summed E-state index contributed by atoms with van der Waals surface area (Å²) in [5.74, 6) is -0.375. The summed E-state index contributed by atoms with van der Waals surface area (Å²) in [5.41, 5.74) is 0.511. The van der Waals surface area contributed by atoms with E-state index >= 15 is 0 Å². The molecule has 1 aromatic rings. The first-order valence-electron chi connectivity index (χ1n) is 7.83. The van der Waals surface area contributed by atoms with Gasteiger partial charge >= 0.3 is 12.1 Å². The molecule has 0 bridgehead atoms. The first kappa shape index (κ1) is 17.5. The summed E-state index contributed by atoms with van der Waals surface area (Å²) in [7, 11) is -2.08. The second kappa shape index (κ2) is 6.35. The topological polar surface area (TPSA) is 55.8 Å². The molecule has 1 aromatic carbocycles. The van der Waals surface area contributed by atoms with Crippen LogP contribution >= 0.6 is 0 Å². The van der Waals surface area contributed by atoms with Gasteiger partial charge in [-0.2, -0.15) is 0 Å². The van der Waals surface area contributed by atoms with Crippen LogP contribution in [0.2, 0.25) is 18.1 Å². The average molecular weight is 335 g/mol. The van der Waals surface area contributed by atoms with Crippen LogP contribution in [0.3, 0.4) is 0 Å². The summed E-state index contributed by atoms with van der Waals surface area (Å²) in [6.07, 6.45) is -0.294. The Kier molecular flexibility index (Phi) is 4.84. The highest BCUT2D eigenvalue weighted by molar-refractivity contribution is 6.79. The summed E-state index contributed by atoms with van der Waals surface area (Å²) >= 11 is 0. The van der Waals surface area contributed by atoms with Crippen LogP contribution in [-0.4, -0.2) is 44.1 Å². The molecule has 126 valence electrons. The minimum atomic E-state index is -2.08. The van der Waals surface area contributed by atoms with E-state index in [1.54, 1.807) is 24.3 Å². The van der Waals surface area contributed by atoms with E-state index in [9.17, 15) is 9.59 Å². The zero-order chi connectivity index (χ0) is 17.3. The molecule has 1 aliphatic heterocycles. The van der Waals surface area contributed by atoms with E-state index < -0.39 is 8.24 Å². The van der Waals surface area contributed by atoms with Crippen LogP contribution in [0.15, 0.2) is 30.3 Å². The second-order valence-electron chi connectivity index (χ2n) is 7.37. The first-order chi connectivity index (χ1) is 10.6. The number of rotatable bonds is 4. The molecule has 1 fully saturated rings. The molecular formula is C17H25NO4Si. The van der Waals surface area contributed by atoms with Crippen molar-refractivity contribution in [3.63, 3.8) is 0 Å². The smallest absolute Gasteiger partial charge is 0.402 e. The molecule has 0 saturated carbocycles. The monoisotopic (exact) mass is 335 g/mol. The third-order valence-electron chi connectivity index (χ3n) is 4.82. The van der Waals surface area contributed by atoms with E-state index in [0.717, 1.165) is 0 Å². The second-order valence-corrected chi connectivity index (χ2v) is 12.5. The van der Waals surface area contributed by atoms with Gasteiger partial charge in [0.15, 0.2) is 8.24 Å². The molecule has 0 aliphatic carbocycles. The van der Waals surface area contributed by atoms with Crippen molar-refractivity contribution >= 4 is 20.3 Å². The van der Waals surface area contributed by atoms with Gasteiger partial charge in [0.25, 0.3) is 0 Å². The van der Waals surface area contributed by atoms with Gasteiger partial charge in [0.05, 0.1) is 11.6 Å². The molecular weight excluding hydrogens is 310 g/mol. The van der Waals surface area contributed by atoms with Crippen molar-refractivity contribution in [2.45, 2.75) is 44.9 Å². The molecule has 1 heterocycles. The highest BCUT2D eigenvalue weighted by Crippen LogP contribution is 2.40. The lowest BCUT2D eigenvalue weighted by Gasteiger charge is -2.44. The Hall–Kier alpha value is -1.82. The van der Waals surface area contributed by atoms with Gasteiger partial charge in [0, 0.05) is 0 Å². The molecule has 1 amide bonds. The number of amides is 1. The third-order valence-corrected chi connectivity index (χ3v) is 10.2. The molecule has 0 N–H and O–H groups in total. The van der Waals surface area contributed by atoms with Crippen LogP contribution < -0.4 is 0 Å². The molecule has 1 aliphatic rings. The van der Waals surface area contributed by atoms with E-state index in [4.69, 9.17) is 9.47 Å². The molecule has 0 radical (unpaired) electrons. The zero-order valence-corrected chi connectivity index (χ0v) is 15.5. The van der Waals surface area contributed by atoms with Crippen molar-refractivity contribution in [2.75, 3.05) is 13.2 Å². The van der Waals surface area contributed by atoms with Crippen LogP contribution in [-0.2, 0) is 9.47 Å². The van der Waals surface area contributed by atoms with Crippen LogP contribution in [0.5, 0.6) is 0 Å². The molecule has 1 saturated heterocycles. The SMILES string of the molecule is CC(C)(C)[Si](C)(C)N1C(=O)OC[C@H]1COC(=O)c1ccccc1. The summed E-state index contributed by atoms with van der Waals surface area (Å²) < 4.78 is 12.5. The number of hydrogen-bond donors (Lipinski definition) is 0. The highest BCUT2D eigenvalue weighted by atomic mass is 28.3. The van der Waals surface area contributed by atoms with Crippen molar-refractivity contribution in [1.29, 1.82) is 0 Å². The number of nitrogens with zero attached hydrogens (tertiary/aromatic N) is 1. The van der Waals surface area contributed by atoms with Gasteiger partial charge in [0.2, 0.25) is 0 Å². The maximum atomic E-state index is 12.2. The molecule has 0 aromatic heterocycles. The predicted molar refractivity (Wildman–Crippen MR) is 90.9 cm³/mol. The van der Waals surface area contributed by atoms with Gasteiger partial charge in [-0.05, 0) is 17.2 Å². The fourth-order valence-corrected chi connectivity index (χ4v) is 4.76. The van der Waals surface area contributed by atoms with Gasteiger partial charge in [-0.25, -0.2) is 9.59 Å². The maximum absolute atomic E-state index is 12.2. The predicted octanol–water partition coefficient (Wildman–Crippen LogP) is 3.67. The lowest BCUT2D eigenvalue weighted by atomic mass is 10.2. The summed E-state index contributed by atoms with van der Waals surface area (Å²) in [5, 5.41) is -0.00194. The normalized spacial score (nSPS) is 18.7.